The van der Waals surface area contributed by atoms with E-state index in [2.05, 4.69) is 15.4 Å². The Morgan fingerprint density at radius 1 is 0.848 bits per heavy atom. The zero-order valence-electron chi connectivity index (χ0n) is 41.2. The Bertz CT molecular complexity index is 2060. The van der Waals surface area contributed by atoms with Gasteiger partial charge in [-0.05, 0) is 80.8 Å². The Kier molecular flexibility index (Phi) is 19.3. The van der Waals surface area contributed by atoms with Crippen molar-refractivity contribution in [2.75, 3.05) is 41.9 Å². The van der Waals surface area contributed by atoms with Crippen LogP contribution in [-0.2, 0) is 55.4 Å². The van der Waals surface area contributed by atoms with Gasteiger partial charge in [0, 0.05) is 39.8 Å². The van der Waals surface area contributed by atoms with E-state index in [0.29, 0.717) is 31.4 Å². The summed E-state index contributed by atoms with van der Waals surface area (Å²) in [4.78, 5) is 75.4. The molecule has 0 aromatic heterocycles. The number of methoxy groups -OCH3 is 2. The summed E-state index contributed by atoms with van der Waals surface area (Å²) in [5.74, 6) is -3.38. The van der Waals surface area contributed by atoms with Crippen LogP contribution in [-0.4, -0.2) is 137 Å². The fraction of sp³-hybridized carbons (Fsp3) is 0.653. The summed E-state index contributed by atoms with van der Waals surface area (Å²) in [6.07, 6.45) is 1.95. The molecule has 17 heteroatoms. The molecule has 66 heavy (non-hydrogen) atoms. The minimum absolute atomic E-state index is 0.00646. The lowest BCUT2D eigenvalue weighted by Gasteiger charge is -2.41. The first kappa shape index (κ1) is 54.2. The van der Waals surface area contributed by atoms with Gasteiger partial charge in [-0.2, -0.15) is 0 Å². The van der Waals surface area contributed by atoms with E-state index in [1.807, 2.05) is 66.6 Å². The summed E-state index contributed by atoms with van der Waals surface area (Å²) in [7, 11) is 4.06. The van der Waals surface area contributed by atoms with Crippen LogP contribution in [0.25, 0.3) is 0 Å². The normalized spacial score (nSPS) is 19.6. The lowest BCUT2D eigenvalue weighted by Crippen LogP contribution is -2.59. The molecule has 1 aliphatic heterocycles. The SMILES string of the molecule is CCC(C)C(C(CC(=O)N1CCC[C@H]1C(OC)C(C)C(=O)NC(Cc1ccccc1)C(=O)NS(=O)(=O)c1ccc(C2(N)CC2)cc1)OC)N(C)C(=O)C(NC(=O)C(C(C)C)N(C)C)C(C)C. The van der Waals surface area contributed by atoms with Gasteiger partial charge in [0.15, 0.2) is 0 Å². The second kappa shape index (κ2) is 23.5. The van der Waals surface area contributed by atoms with E-state index in [1.54, 1.807) is 60.2 Å². The zero-order chi connectivity index (χ0) is 49.3. The van der Waals surface area contributed by atoms with Crippen LogP contribution < -0.4 is 21.1 Å². The molecule has 1 aliphatic carbocycles. The fourth-order valence-electron chi connectivity index (χ4n) is 9.43. The second-order valence-electron chi connectivity index (χ2n) is 19.4. The Morgan fingerprint density at radius 3 is 1.98 bits per heavy atom. The van der Waals surface area contributed by atoms with Gasteiger partial charge in [-0.3, -0.25) is 28.9 Å². The molecule has 9 atom stereocenters. The molecule has 368 valence electrons. The van der Waals surface area contributed by atoms with Gasteiger partial charge >= 0.3 is 0 Å². The third kappa shape index (κ3) is 13.4. The Morgan fingerprint density at radius 2 is 1.47 bits per heavy atom. The topological polar surface area (TPSA) is 210 Å². The molecule has 2 aliphatic rings. The Hall–Kier alpha value is -4.42. The molecule has 1 saturated carbocycles. The second-order valence-corrected chi connectivity index (χ2v) is 21.1. The first-order chi connectivity index (χ1) is 31.0. The van der Waals surface area contributed by atoms with Crippen molar-refractivity contribution in [3.8, 4) is 0 Å². The molecule has 2 fully saturated rings. The Labute approximate surface area is 393 Å². The molecule has 0 radical (unpaired) electrons. The molecule has 1 saturated heterocycles. The molecule has 1 heterocycles. The third-order valence-electron chi connectivity index (χ3n) is 13.6. The number of hydrogen-bond acceptors (Lipinski definition) is 11. The number of rotatable bonds is 24. The molecule has 2 aromatic carbocycles. The van der Waals surface area contributed by atoms with E-state index in [-0.39, 0.29) is 53.2 Å². The number of benzene rings is 2. The number of nitrogens with two attached hydrogens (primary N) is 1. The van der Waals surface area contributed by atoms with Crippen molar-refractivity contribution in [3.05, 3.63) is 65.7 Å². The van der Waals surface area contributed by atoms with E-state index in [9.17, 15) is 32.4 Å². The van der Waals surface area contributed by atoms with E-state index in [0.717, 1.165) is 18.4 Å². The highest BCUT2D eigenvalue weighted by Gasteiger charge is 2.44. The van der Waals surface area contributed by atoms with E-state index in [4.69, 9.17) is 15.2 Å². The number of nitrogens with zero attached hydrogens (tertiary/aromatic N) is 3. The van der Waals surface area contributed by atoms with Crippen LogP contribution in [0.15, 0.2) is 59.5 Å². The highest BCUT2D eigenvalue weighted by molar-refractivity contribution is 7.90. The molecule has 2 aromatic rings. The van der Waals surface area contributed by atoms with Crippen molar-refractivity contribution in [1.29, 1.82) is 0 Å². The van der Waals surface area contributed by atoms with Crippen LogP contribution >= 0.6 is 0 Å². The number of sulfonamides is 1. The lowest BCUT2D eigenvalue weighted by molar-refractivity contribution is -0.148. The van der Waals surface area contributed by atoms with Crippen molar-refractivity contribution in [3.63, 3.8) is 0 Å². The summed E-state index contributed by atoms with van der Waals surface area (Å²) in [5, 5.41) is 5.83. The predicted molar refractivity (Wildman–Crippen MR) is 254 cm³/mol. The van der Waals surface area contributed by atoms with Gasteiger partial charge in [-0.1, -0.05) is 97.4 Å². The molecular weight excluding hydrogens is 863 g/mol. The maximum atomic E-state index is 14.4. The minimum atomic E-state index is -4.31. The summed E-state index contributed by atoms with van der Waals surface area (Å²) >= 11 is 0. The summed E-state index contributed by atoms with van der Waals surface area (Å²) in [5.41, 5.74) is 7.34. The molecular formula is C49H77N7O9S. The van der Waals surface area contributed by atoms with Gasteiger partial charge in [0.05, 0.1) is 47.6 Å². The molecule has 8 unspecified atom stereocenters. The highest BCUT2D eigenvalue weighted by Crippen LogP contribution is 2.42. The average molecular weight is 940 g/mol. The number of likely N-dealkylation sites (tertiary alicyclic amines) is 1. The van der Waals surface area contributed by atoms with Crippen LogP contribution in [0.2, 0.25) is 0 Å². The van der Waals surface area contributed by atoms with Gasteiger partial charge in [-0.15, -0.1) is 0 Å². The maximum absolute atomic E-state index is 14.4. The minimum Gasteiger partial charge on any atom is -0.379 e. The quantitative estimate of drug-likeness (QED) is 0.119. The van der Waals surface area contributed by atoms with Gasteiger partial charge in [-0.25, -0.2) is 13.1 Å². The van der Waals surface area contributed by atoms with E-state index >= 15 is 0 Å². The van der Waals surface area contributed by atoms with Gasteiger partial charge < -0.3 is 35.6 Å². The first-order valence-electron chi connectivity index (χ1n) is 23.4. The number of carbonyl (C=O) groups excluding carboxylic acids is 5. The van der Waals surface area contributed by atoms with Crippen molar-refractivity contribution >= 4 is 39.6 Å². The summed E-state index contributed by atoms with van der Waals surface area (Å²) in [6.45, 7) is 13.8. The molecule has 16 nitrogen and oxygen atoms in total. The van der Waals surface area contributed by atoms with Crippen molar-refractivity contribution in [2.24, 2.45) is 29.4 Å². The molecule has 0 bridgehead atoms. The number of hydrogen-bond donors (Lipinski definition) is 4. The molecule has 5 amide bonds. The Balaban J connectivity index is 1.51. The summed E-state index contributed by atoms with van der Waals surface area (Å²) < 4.78 is 41.1. The van der Waals surface area contributed by atoms with Crippen molar-refractivity contribution < 1.29 is 41.9 Å². The number of likely N-dealkylation sites (N-methyl/N-ethyl adjacent to an activating group) is 2. The zero-order valence-corrected chi connectivity index (χ0v) is 42.0. The molecule has 5 N–H and O–H groups in total. The standard InChI is InChI=1S/C49H77N7O9S/c1-13-32(6)43(55(10)48(61)41(30(2)3)52-47(60)42(31(4)5)54(8)9)39(64-11)29-40(57)56-27-17-20-38(56)44(65-12)33(7)45(58)51-37(28-34-18-15-14-16-19-34)46(59)53-66(62,63)36-23-21-35(22-24-36)49(50)25-26-49/h14-16,18-19,21-24,30-33,37-39,41-44H,13,17,20,25-29,50H2,1-12H3,(H,51,58)(H,52,60)(H,53,59)/t32?,33?,37?,38-,39?,41?,42?,43?,44?/m0/s1. The number of nitrogens with one attached hydrogen (secondary N) is 3. The lowest BCUT2D eigenvalue weighted by atomic mass is 9.89. The largest absolute Gasteiger partial charge is 0.379 e. The first-order valence-corrected chi connectivity index (χ1v) is 24.9. The number of carbonyl (C=O) groups is 5. The molecule has 4 rings (SSSR count). The number of ether oxygens (including phenoxy) is 2. The van der Waals surface area contributed by atoms with Crippen LogP contribution in [0.1, 0.15) is 98.1 Å². The van der Waals surface area contributed by atoms with E-state index < -0.39 is 75.7 Å². The van der Waals surface area contributed by atoms with Crippen molar-refractivity contribution in [1.82, 2.24) is 30.1 Å². The van der Waals surface area contributed by atoms with Gasteiger partial charge in [0.25, 0.3) is 15.9 Å². The van der Waals surface area contributed by atoms with Crippen molar-refractivity contribution in [2.45, 2.75) is 146 Å². The van der Waals surface area contributed by atoms with Gasteiger partial charge in [0.2, 0.25) is 23.6 Å². The van der Waals surface area contributed by atoms with Crippen LogP contribution in [0.5, 0.6) is 0 Å². The monoisotopic (exact) mass is 940 g/mol. The van der Waals surface area contributed by atoms with Crippen LogP contribution in [0.4, 0.5) is 0 Å². The molecule has 0 spiro atoms. The summed E-state index contributed by atoms with van der Waals surface area (Å²) in [6, 6.07) is 11.5. The predicted octanol–water partition coefficient (Wildman–Crippen LogP) is 3.81. The fourth-order valence-corrected chi connectivity index (χ4v) is 10.4. The average Bonchev–Trinajstić information content (AvgIpc) is 3.84. The van der Waals surface area contributed by atoms with Crippen LogP contribution in [0, 0.1) is 23.7 Å². The maximum Gasteiger partial charge on any atom is 0.264 e. The third-order valence-corrected chi connectivity index (χ3v) is 15.0. The smallest absolute Gasteiger partial charge is 0.264 e. The number of amides is 5. The van der Waals surface area contributed by atoms with Crippen LogP contribution in [0.3, 0.4) is 0 Å². The van der Waals surface area contributed by atoms with Gasteiger partial charge in [0.1, 0.15) is 12.1 Å². The van der Waals surface area contributed by atoms with E-state index in [1.165, 1.54) is 26.4 Å². The highest BCUT2D eigenvalue weighted by atomic mass is 32.2.